The van der Waals surface area contributed by atoms with Crippen LogP contribution in [-0.4, -0.2) is 69.2 Å². The standard InChI is InChI=1S/C20H26N4O4S/c1-26-16-5-4-14(12-17(16)27-2)6-7-21-19(25)15-13-22-20(29-3)23-18(15)24-8-10-28-11-9-24/h4-5,12-13H,6-11H2,1-3H3,(H,21,25). The van der Waals surface area contributed by atoms with Gasteiger partial charge in [-0.1, -0.05) is 17.8 Å². The van der Waals surface area contributed by atoms with E-state index in [1.54, 1.807) is 20.4 Å². The van der Waals surface area contributed by atoms with Crippen LogP contribution >= 0.6 is 11.8 Å². The second kappa shape index (κ2) is 10.3. The summed E-state index contributed by atoms with van der Waals surface area (Å²) in [5.74, 6) is 1.84. The zero-order chi connectivity index (χ0) is 20.6. The van der Waals surface area contributed by atoms with Crippen molar-refractivity contribution in [3.63, 3.8) is 0 Å². The number of nitrogens with zero attached hydrogens (tertiary/aromatic N) is 3. The highest BCUT2D eigenvalue weighted by atomic mass is 32.2. The molecule has 2 aromatic rings. The molecule has 29 heavy (non-hydrogen) atoms. The Kier molecular flexibility index (Phi) is 7.54. The van der Waals surface area contributed by atoms with Crippen LogP contribution in [0.2, 0.25) is 0 Å². The van der Waals surface area contributed by atoms with Gasteiger partial charge in [-0.15, -0.1) is 0 Å². The lowest BCUT2D eigenvalue weighted by atomic mass is 10.1. The number of nitrogens with one attached hydrogen (secondary N) is 1. The molecule has 8 nitrogen and oxygen atoms in total. The third-order valence-corrected chi connectivity index (χ3v) is 5.19. The Labute approximate surface area is 175 Å². The number of hydrogen-bond donors (Lipinski definition) is 1. The Bertz CT molecular complexity index is 843. The van der Waals surface area contributed by atoms with E-state index in [1.807, 2.05) is 24.5 Å². The highest BCUT2D eigenvalue weighted by molar-refractivity contribution is 7.98. The van der Waals surface area contributed by atoms with Crippen molar-refractivity contribution in [3.05, 3.63) is 35.5 Å². The maximum atomic E-state index is 12.8. The predicted molar refractivity (Wildman–Crippen MR) is 112 cm³/mol. The minimum absolute atomic E-state index is 0.181. The van der Waals surface area contributed by atoms with E-state index >= 15 is 0 Å². The lowest BCUT2D eigenvalue weighted by molar-refractivity contribution is 0.0951. The number of methoxy groups -OCH3 is 2. The highest BCUT2D eigenvalue weighted by Crippen LogP contribution is 2.27. The van der Waals surface area contributed by atoms with E-state index in [2.05, 4.69) is 20.2 Å². The molecule has 1 aliphatic rings. The van der Waals surface area contributed by atoms with E-state index in [0.717, 1.165) is 5.56 Å². The summed E-state index contributed by atoms with van der Waals surface area (Å²) >= 11 is 1.46. The molecule has 9 heteroatoms. The molecule has 1 aromatic heterocycles. The van der Waals surface area contributed by atoms with Gasteiger partial charge in [0, 0.05) is 25.8 Å². The first kappa shape index (κ1) is 21.2. The monoisotopic (exact) mass is 418 g/mol. The van der Waals surface area contributed by atoms with Crippen molar-refractivity contribution in [2.45, 2.75) is 11.6 Å². The molecule has 156 valence electrons. The zero-order valence-corrected chi connectivity index (χ0v) is 17.8. The molecule has 1 fully saturated rings. The van der Waals surface area contributed by atoms with E-state index in [4.69, 9.17) is 14.2 Å². The Hall–Kier alpha value is -2.52. The number of morpholine rings is 1. The van der Waals surface area contributed by atoms with Gasteiger partial charge in [0.25, 0.3) is 5.91 Å². The fourth-order valence-electron chi connectivity index (χ4n) is 3.08. The highest BCUT2D eigenvalue weighted by Gasteiger charge is 2.21. The molecule has 3 rings (SSSR count). The SMILES string of the molecule is COc1ccc(CCNC(=O)c2cnc(SC)nc2N2CCOCC2)cc1OC. The van der Waals surface area contributed by atoms with Gasteiger partial charge in [-0.2, -0.15) is 0 Å². The molecule has 0 unspecified atom stereocenters. The lowest BCUT2D eigenvalue weighted by Crippen LogP contribution is -2.39. The molecule has 0 aliphatic carbocycles. The average Bonchev–Trinajstić information content (AvgIpc) is 2.79. The minimum Gasteiger partial charge on any atom is -0.493 e. The molecule has 0 saturated carbocycles. The molecule has 0 spiro atoms. The van der Waals surface area contributed by atoms with Gasteiger partial charge in [0.15, 0.2) is 16.7 Å². The van der Waals surface area contributed by atoms with Crippen LogP contribution < -0.4 is 19.7 Å². The first-order valence-corrected chi connectivity index (χ1v) is 10.6. The van der Waals surface area contributed by atoms with Crippen LogP contribution in [0.4, 0.5) is 5.82 Å². The van der Waals surface area contributed by atoms with Crippen molar-refractivity contribution in [3.8, 4) is 11.5 Å². The Morgan fingerprint density at radius 2 is 2.00 bits per heavy atom. The van der Waals surface area contributed by atoms with Gasteiger partial charge in [0.2, 0.25) is 0 Å². The summed E-state index contributed by atoms with van der Waals surface area (Å²) in [6, 6.07) is 5.74. The van der Waals surface area contributed by atoms with E-state index in [9.17, 15) is 4.79 Å². The predicted octanol–water partition coefficient (Wildman–Crippen LogP) is 2.02. The number of amides is 1. The molecule has 1 amide bonds. The topological polar surface area (TPSA) is 85.8 Å². The van der Waals surface area contributed by atoms with E-state index in [1.165, 1.54) is 11.8 Å². The van der Waals surface area contributed by atoms with Crippen LogP contribution in [0.25, 0.3) is 0 Å². The summed E-state index contributed by atoms with van der Waals surface area (Å²) in [6.07, 6.45) is 4.19. The lowest BCUT2D eigenvalue weighted by Gasteiger charge is -2.29. The van der Waals surface area contributed by atoms with Gasteiger partial charge in [-0.25, -0.2) is 9.97 Å². The van der Waals surface area contributed by atoms with Crippen LogP contribution in [0.1, 0.15) is 15.9 Å². The van der Waals surface area contributed by atoms with Gasteiger partial charge in [-0.3, -0.25) is 4.79 Å². The number of carbonyl (C=O) groups excluding carboxylic acids is 1. The molecule has 0 atom stereocenters. The van der Waals surface area contributed by atoms with Crippen molar-refractivity contribution >= 4 is 23.5 Å². The van der Waals surface area contributed by atoms with Crippen LogP contribution in [0, 0.1) is 0 Å². The van der Waals surface area contributed by atoms with Crippen LogP contribution in [-0.2, 0) is 11.2 Å². The molecular formula is C20H26N4O4S. The fourth-order valence-corrected chi connectivity index (χ4v) is 3.42. The normalized spacial score (nSPS) is 13.8. The van der Waals surface area contributed by atoms with Gasteiger partial charge >= 0.3 is 0 Å². The third kappa shape index (κ3) is 5.30. The smallest absolute Gasteiger partial charge is 0.256 e. The Morgan fingerprint density at radius 1 is 1.24 bits per heavy atom. The van der Waals surface area contributed by atoms with Crippen molar-refractivity contribution < 1.29 is 19.0 Å². The van der Waals surface area contributed by atoms with E-state index in [0.29, 0.717) is 67.3 Å². The number of thioether (sulfide) groups is 1. The second-order valence-corrected chi connectivity index (χ2v) is 7.16. The van der Waals surface area contributed by atoms with E-state index in [-0.39, 0.29) is 5.91 Å². The summed E-state index contributed by atoms with van der Waals surface area (Å²) in [5, 5.41) is 3.62. The Balaban J connectivity index is 1.67. The number of aromatic nitrogens is 2. The summed E-state index contributed by atoms with van der Waals surface area (Å²) in [4.78, 5) is 23.8. The number of ether oxygens (including phenoxy) is 3. The van der Waals surface area contributed by atoms with Crippen molar-refractivity contribution in [2.24, 2.45) is 0 Å². The first-order chi connectivity index (χ1) is 14.2. The molecular weight excluding hydrogens is 392 g/mol. The average molecular weight is 419 g/mol. The van der Waals surface area contributed by atoms with Gasteiger partial charge in [0.1, 0.15) is 11.4 Å². The number of anilines is 1. The number of carbonyl (C=O) groups is 1. The van der Waals surface area contributed by atoms with E-state index < -0.39 is 0 Å². The third-order valence-electron chi connectivity index (χ3n) is 4.63. The fraction of sp³-hybridized carbons (Fsp3) is 0.450. The van der Waals surface area contributed by atoms with Gasteiger partial charge < -0.3 is 24.4 Å². The quantitative estimate of drug-likeness (QED) is 0.515. The van der Waals surface area contributed by atoms with Crippen molar-refractivity contribution in [2.75, 3.05) is 58.2 Å². The molecule has 0 radical (unpaired) electrons. The number of hydrogen-bond acceptors (Lipinski definition) is 8. The maximum absolute atomic E-state index is 12.8. The number of benzene rings is 1. The van der Waals surface area contributed by atoms with Crippen molar-refractivity contribution in [1.29, 1.82) is 0 Å². The summed E-state index contributed by atoms with van der Waals surface area (Å²) in [7, 11) is 3.21. The molecule has 0 bridgehead atoms. The van der Waals surface area contributed by atoms with Gasteiger partial charge in [0.05, 0.1) is 27.4 Å². The molecule has 1 aliphatic heterocycles. The summed E-state index contributed by atoms with van der Waals surface area (Å²) < 4.78 is 16.0. The minimum atomic E-state index is -0.181. The zero-order valence-electron chi connectivity index (χ0n) is 16.9. The van der Waals surface area contributed by atoms with Crippen molar-refractivity contribution in [1.82, 2.24) is 15.3 Å². The van der Waals surface area contributed by atoms with Crippen LogP contribution in [0.3, 0.4) is 0 Å². The molecule has 1 saturated heterocycles. The summed E-state index contributed by atoms with van der Waals surface area (Å²) in [6.45, 7) is 3.15. The van der Waals surface area contributed by atoms with Gasteiger partial charge in [-0.05, 0) is 30.4 Å². The second-order valence-electron chi connectivity index (χ2n) is 6.39. The number of rotatable bonds is 8. The Morgan fingerprint density at radius 3 is 2.69 bits per heavy atom. The van der Waals surface area contributed by atoms with Crippen LogP contribution in [0.5, 0.6) is 11.5 Å². The summed E-state index contributed by atoms with van der Waals surface area (Å²) in [5.41, 5.74) is 1.53. The molecule has 1 N–H and O–H groups in total. The first-order valence-electron chi connectivity index (χ1n) is 9.39. The van der Waals surface area contributed by atoms with Crippen LogP contribution in [0.15, 0.2) is 29.6 Å². The largest absolute Gasteiger partial charge is 0.493 e. The molecule has 2 heterocycles. The molecule has 1 aromatic carbocycles. The maximum Gasteiger partial charge on any atom is 0.256 e.